The standard InChI is InChI=1S/C17H27N3O3S/c1-12(2)20(13(3)4)17(21)11-15(6)18-19-24(22,23)16-9-7-14(5)8-10-16/h7-10,12-13,19H,11H2,1-6H3/b18-15-. The number of carbonyl (C=O) groups excluding carboxylic acids is 1. The average molecular weight is 353 g/mol. The van der Waals surface area contributed by atoms with Crippen LogP contribution in [0, 0.1) is 6.92 Å². The molecule has 24 heavy (non-hydrogen) atoms. The third-order valence-electron chi connectivity index (χ3n) is 3.50. The van der Waals surface area contributed by atoms with Crippen molar-refractivity contribution in [1.82, 2.24) is 9.73 Å². The molecule has 0 radical (unpaired) electrons. The first-order valence-corrected chi connectivity index (χ1v) is 9.45. The quantitative estimate of drug-likeness (QED) is 0.604. The topological polar surface area (TPSA) is 78.8 Å². The van der Waals surface area contributed by atoms with E-state index in [-0.39, 0.29) is 29.3 Å². The number of sulfonamides is 1. The number of hydrogen-bond acceptors (Lipinski definition) is 4. The predicted octanol–water partition coefficient (Wildman–Crippen LogP) is 2.68. The summed E-state index contributed by atoms with van der Waals surface area (Å²) in [7, 11) is -3.72. The summed E-state index contributed by atoms with van der Waals surface area (Å²) >= 11 is 0. The smallest absolute Gasteiger partial charge is 0.276 e. The molecule has 6 nitrogen and oxygen atoms in total. The van der Waals surface area contributed by atoms with Gasteiger partial charge in [-0.3, -0.25) is 4.79 Å². The number of benzene rings is 1. The van der Waals surface area contributed by atoms with Gasteiger partial charge < -0.3 is 4.90 Å². The minimum absolute atomic E-state index is 0.0733. The predicted molar refractivity (Wildman–Crippen MR) is 96.3 cm³/mol. The molecule has 0 atom stereocenters. The van der Waals surface area contributed by atoms with Gasteiger partial charge in [0.05, 0.1) is 11.3 Å². The van der Waals surface area contributed by atoms with Crippen molar-refractivity contribution < 1.29 is 13.2 Å². The second kappa shape index (κ2) is 8.28. The zero-order valence-corrected chi connectivity index (χ0v) is 16.0. The van der Waals surface area contributed by atoms with E-state index in [4.69, 9.17) is 0 Å². The Morgan fingerprint density at radius 2 is 1.62 bits per heavy atom. The lowest BCUT2D eigenvalue weighted by Crippen LogP contribution is -2.42. The fourth-order valence-electron chi connectivity index (χ4n) is 2.43. The number of aryl methyl sites for hydroxylation is 1. The van der Waals surface area contributed by atoms with Crippen molar-refractivity contribution in [2.24, 2.45) is 5.10 Å². The van der Waals surface area contributed by atoms with E-state index in [0.29, 0.717) is 5.71 Å². The minimum Gasteiger partial charge on any atom is -0.338 e. The van der Waals surface area contributed by atoms with Crippen LogP contribution in [0.5, 0.6) is 0 Å². The van der Waals surface area contributed by atoms with Gasteiger partial charge in [-0.05, 0) is 53.7 Å². The first-order valence-electron chi connectivity index (χ1n) is 7.97. The van der Waals surface area contributed by atoms with Gasteiger partial charge in [-0.25, -0.2) is 4.83 Å². The SMILES string of the molecule is C/C(CC(=O)N(C(C)C)C(C)C)=N/NS(=O)(=O)c1ccc(C)cc1. The van der Waals surface area contributed by atoms with Crippen molar-refractivity contribution in [2.45, 2.75) is 64.9 Å². The zero-order chi connectivity index (χ0) is 18.5. The van der Waals surface area contributed by atoms with Crippen LogP contribution in [-0.2, 0) is 14.8 Å². The van der Waals surface area contributed by atoms with Gasteiger partial charge >= 0.3 is 0 Å². The molecule has 0 unspecified atom stereocenters. The molecule has 1 aromatic carbocycles. The summed E-state index contributed by atoms with van der Waals surface area (Å²) in [5.41, 5.74) is 1.39. The van der Waals surface area contributed by atoms with Crippen LogP contribution in [-0.4, -0.2) is 37.0 Å². The second-order valence-corrected chi connectivity index (χ2v) is 8.08. The highest BCUT2D eigenvalue weighted by Gasteiger charge is 2.20. The molecule has 134 valence electrons. The number of hydrazone groups is 1. The summed E-state index contributed by atoms with van der Waals surface area (Å²) in [5.74, 6) is -0.0733. The second-order valence-electron chi connectivity index (χ2n) is 6.42. The van der Waals surface area contributed by atoms with Crippen LogP contribution in [0.3, 0.4) is 0 Å². The van der Waals surface area contributed by atoms with Crippen LogP contribution < -0.4 is 4.83 Å². The third kappa shape index (κ3) is 5.63. The van der Waals surface area contributed by atoms with Gasteiger partial charge in [0.1, 0.15) is 0 Å². The highest BCUT2D eigenvalue weighted by Crippen LogP contribution is 2.11. The van der Waals surface area contributed by atoms with Gasteiger partial charge in [-0.2, -0.15) is 13.5 Å². The van der Waals surface area contributed by atoms with Crippen molar-refractivity contribution in [3.8, 4) is 0 Å². The molecular formula is C17H27N3O3S. The summed E-state index contributed by atoms with van der Waals surface area (Å²) in [5, 5.41) is 3.87. The Balaban J connectivity index is 2.79. The maximum absolute atomic E-state index is 12.3. The van der Waals surface area contributed by atoms with Crippen LogP contribution in [0.4, 0.5) is 0 Å². The van der Waals surface area contributed by atoms with Crippen molar-refractivity contribution in [2.75, 3.05) is 0 Å². The van der Waals surface area contributed by atoms with E-state index in [1.165, 1.54) is 12.1 Å². The molecule has 1 N–H and O–H groups in total. The van der Waals surface area contributed by atoms with Gasteiger partial charge in [0.25, 0.3) is 10.0 Å². The number of nitrogens with one attached hydrogen (secondary N) is 1. The third-order valence-corrected chi connectivity index (χ3v) is 4.72. The average Bonchev–Trinajstić information content (AvgIpc) is 2.44. The fraction of sp³-hybridized carbons (Fsp3) is 0.529. The van der Waals surface area contributed by atoms with Gasteiger partial charge in [-0.1, -0.05) is 17.7 Å². The first-order chi connectivity index (χ1) is 11.0. The van der Waals surface area contributed by atoms with Gasteiger partial charge in [-0.15, -0.1) is 0 Å². The highest BCUT2D eigenvalue weighted by molar-refractivity contribution is 7.89. The Morgan fingerprint density at radius 3 is 2.08 bits per heavy atom. The van der Waals surface area contributed by atoms with Crippen LogP contribution >= 0.6 is 0 Å². The Bertz CT molecular complexity index is 684. The molecule has 0 aliphatic carbocycles. The highest BCUT2D eigenvalue weighted by atomic mass is 32.2. The molecule has 0 saturated carbocycles. The number of nitrogens with zero attached hydrogens (tertiary/aromatic N) is 2. The van der Waals surface area contributed by atoms with Crippen molar-refractivity contribution in [3.05, 3.63) is 29.8 Å². The number of hydrogen-bond donors (Lipinski definition) is 1. The Labute approximate surface area is 145 Å². The molecule has 0 heterocycles. The summed E-state index contributed by atoms with van der Waals surface area (Å²) < 4.78 is 24.3. The van der Waals surface area contributed by atoms with E-state index in [1.54, 1.807) is 24.0 Å². The molecule has 0 aromatic heterocycles. The molecule has 0 spiro atoms. The minimum atomic E-state index is -3.72. The van der Waals surface area contributed by atoms with Crippen molar-refractivity contribution in [1.29, 1.82) is 0 Å². The largest absolute Gasteiger partial charge is 0.338 e. The van der Waals surface area contributed by atoms with E-state index in [1.807, 2.05) is 34.6 Å². The summed E-state index contributed by atoms with van der Waals surface area (Å²) in [6.45, 7) is 11.3. The normalized spacial score (nSPS) is 12.6. The Hall–Kier alpha value is -1.89. The number of amides is 1. The van der Waals surface area contributed by atoms with Crippen LogP contribution in [0.2, 0.25) is 0 Å². The van der Waals surface area contributed by atoms with Gasteiger partial charge in [0.2, 0.25) is 5.91 Å². The van der Waals surface area contributed by atoms with E-state index in [2.05, 4.69) is 9.93 Å². The lowest BCUT2D eigenvalue weighted by molar-refractivity contribution is -0.133. The molecule has 1 amide bonds. The molecule has 1 aromatic rings. The van der Waals surface area contributed by atoms with Crippen LogP contribution in [0.1, 0.15) is 46.6 Å². The zero-order valence-electron chi connectivity index (χ0n) is 15.2. The summed E-state index contributed by atoms with van der Waals surface area (Å²) in [6, 6.07) is 6.64. The molecule has 0 fully saturated rings. The number of carbonyl (C=O) groups is 1. The monoisotopic (exact) mass is 353 g/mol. The van der Waals surface area contributed by atoms with Crippen molar-refractivity contribution >= 4 is 21.6 Å². The Kier molecular flexibility index (Phi) is 6.95. The molecular weight excluding hydrogens is 326 g/mol. The maximum Gasteiger partial charge on any atom is 0.276 e. The molecule has 7 heteroatoms. The van der Waals surface area contributed by atoms with Crippen LogP contribution in [0.15, 0.2) is 34.3 Å². The van der Waals surface area contributed by atoms with Gasteiger partial charge in [0, 0.05) is 17.8 Å². The first kappa shape index (κ1) is 20.2. The molecule has 0 saturated heterocycles. The lowest BCUT2D eigenvalue weighted by atomic mass is 10.2. The fourth-order valence-corrected chi connectivity index (χ4v) is 3.31. The lowest BCUT2D eigenvalue weighted by Gasteiger charge is -2.30. The van der Waals surface area contributed by atoms with Crippen molar-refractivity contribution in [3.63, 3.8) is 0 Å². The van der Waals surface area contributed by atoms with E-state index < -0.39 is 10.0 Å². The van der Waals surface area contributed by atoms with Gasteiger partial charge in [0.15, 0.2) is 0 Å². The molecule has 0 aliphatic rings. The Morgan fingerprint density at radius 1 is 1.12 bits per heavy atom. The summed E-state index contributed by atoms with van der Waals surface area (Å²) in [4.78, 5) is 16.4. The molecule has 1 rings (SSSR count). The summed E-state index contributed by atoms with van der Waals surface area (Å²) in [6.07, 6.45) is 0.0762. The molecule has 0 bridgehead atoms. The van der Waals surface area contributed by atoms with E-state index in [0.717, 1.165) is 5.56 Å². The maximum atomic E-state index is 12.3. The van der Waals surface area contributed by atoms with E-state index in [9.17, 15) is 13.2 Å². The number of rotatable bonds is 7. The van der Waals surface area contributed by atoms with E-state index >= 15 is 0 Å². The van der Waals surface area contributed by atoms with Crippen LogP contribution in [0.25, 0.3) is 0 Å². The molecule has 0 aliphatic heterocycles.